The number of hydrogen-bond acceptors (Lipinski definition) is 5. The number of nitrogens with zero attached hydrogens (tertiary/aromatic N) is 1. The lowest BCUT2D eigenvalue weighted by Gasteiger charge is -2.25. The van der Waals surface area contributed by atoms with Gasteiger partial charge >= 0.3 is 5.97 Å². The van der Waals surface area contributed by atoms with Gasteiger partial charge in [0.1, 0.15) is 0 Å². The van der Waals surface area contributed by atoms with E-state index >= 15 is 0 Å². The monoisotopic (exact) mass is 435 g/mol. The molecule has 0 saturated carbocycles. The summed E-state index contributed by atoms with van der Waals surface area (Å²) in [5, 5.41) is 16.0. The van der Waals surface area contributed by atoms with E-state index in [4.69, 9.17) is 4.74 Å². The van der Waals surface area contributed by atoms with Gasteiger partial charge in [-0.15, -0.1) is 0 Å². The van der Waals surface area contributed by atoms with Crippen molar-refractivity contribution >= 4 is 11.9 Å². The highest BCUT2D eigenvalue weighted by Gasteiger charge is 2.38. The van der Waals surface area contributed by atoms with Gasteiger partial charge in [-0.25, -0.2) is 0 Å². The van der Waals surface area contributed by atoms with Crippen molar-refractivity contribution < 1.29 is 14.6 Å². The zero-order chi connectivity index (χ0) is 21.9. The van der Waals surface area contributed by atoms with E-state index in [9.17, 15) is 9.90 Å². The lowest BCUT2D eigenvalue weighted by molar-refractivity contribution is -0.137. The third-order valence-electron chi connectivity index (χ3n) is 7.27. The van der Waals surface area contributed by atoms with Crippen LogP contribution in [0.15, 0.2) is 46.7 Å². The molecule has 6 nitrogen and oxygen atoms in total. The molecule has 0 saturated heterocycles. The van der Waals surface area contributed by atoms with Crippen molar-refractivity contribution in [2.45, 2.75) is 56.8 Å². The van der Waals surface area contributed by atoms with Crippen molar-refractivity contribution in [3.63, 3.8) is 0 Å². The van der Waals surface area contributed by atoms with Crippen LogP contribution >= 0.6 is 0 Å². The minimum atomic E-state index is -0.693. The van der Waals surface area contributed by atoms with Crippen LogP contribution in [0.25, 0.3) is 0 Å². The number of carboxylic acids is 1. The predicted molar refractivity (Wildman–Crippen MR) is 125 cm³/mol. The molecule has 170 valence electrons. The Morgan fingerprint density at radius 2 is 2.16 bits per heavy atom. The van der Waals surface area contributed by atoms with Crippen LogP contribution in [0, 0.1) is 5.92 Å². The van der Waals surface area contributed by atoms with Crippen molar-refractivity contribution in [3.8, 4) is 0 Å². The molecular formula is C26H33N3O3. The minimum Gasteiger partial charge on any atom is -0.498 e. The summed E-state index contributed by atoms with van der Waals surface area (Å²) in [6.07, 6.45) is 10.7. The van der Waals surface area contributed by atoms with Crippen molar-refractivity contribution in [1.82, 2.24) is 10.6 Å². The van der Waals surface area contributed by atoms with Crippen LogP contribution in [0.2, 0.25) is 0 Å². The molecule has 0 amide bonds. The number of allylic oxidation sites excluding steroid dienone is 4. The molecule has 4 aliphatic rings. The molecule has 3 unspecified atom stereocenters. The number of fused-ring (bicyclic) bond motifs is 1. The molecular weight excluding hydrogens is 402 g/mol. The molecule has 1 aromatic carbocycles. The summed E-state index contributed by atoms with van der Waals surface area (Å²) in [4.78, 5) is 15.8. The largest absolute Gasteiger partial charge is 0.498 e. The first kappa shape index (κ1) is 21.1. The molecule has 3 N–H and O–H groups in total. The second kappa shape index (κ2) is 9.39. The van der Waals surface area contributed by atoms with Crippen molar-refractivity contribution in [2.24, 2.45) is 10.9 Å². The van der Waals surface area contributed by atoms with Crippen LogP contribution in [-0.2, 0) is 16.0 Å². The van der Waals surface area contributed by atoms with Gasteiger partial charge in [0.2, 0.25) is 0 Å². The quantitative estimate of drug-likeness (QED) is 0.567. The average molecular weight is 436 g/mol. The summed E-state index contributed by atoms with van der Waals surface area (Å²) in [7, 11) is 0. The van der Waals surface area contributed by atoms with E-state index in [1.54, 1.807) is 0 Å². The van der Waals surface area contributed by atoms with Crippen molar-refractivity contribution in [3.05, 3.63) is 58.4 Å². The molecule has 0 spiro atoms. The molecule has 0 radical (unpaired) electrons. The Balaban J connectivity index is 1.19. The molecule has 1 aromatic rings. The molecule has 6 heteroatoms. The Kier molecular flexibility index (Phi) is 6.19. The SMILES string of the molecule is O=C(O)CC1CC2CC3=CC=C(OCCCNC4=NCCCN4)CC3Cc3cccc1c32. The van der Waals surface area contributed by atoms with Crippen LogP contribution < -0.4 is 10.6 Å². The molecule has 32 heavy (non-hydrogen) atoms. The Bertz CT molecular complexity index is 965. The summed E-state index contributed by atoms with van der Waals surface area (Å²) in [5.41, 5.74) is 5.65. The molecule has 5 rings (SSSR count). The molecule has 3 atom stereocenters. The van der Waals surface area contributed by atoms with Gasteiger partial charge in [-0.2, -0.15) is 0 Å². The Labute approximate surface area is 189 Å². The van der Waals surface area contributed by atoms with Crippen LogP contribution in [0.5, 0.6) is 0 Å². The summed E-state index contributed by atoms with van der Waals surface area (Å²) < 4.78 is 6.13. The zero-order valence-corrected chi connectivity index (χ0v) is 18.6. The molecule has 0 fully saturated rings. The van der Waals surface area contributed by atoms with Crippen molar-refractivity contribution in [2.75, 3.05) is 26.2 Å². The maximum atomic E-state index is 11.4. The maximum Gasteiger partial charge on any atom is 0.303 e. The van der Waals surface area contributed by atoms with Gasteiger partial charge in [-0.3, -0.25) is 9.79 Å². The third-order valence-corrected chi connectivity index (χ3v) is 7.27. The Morgan fingerprint density at radius 1 is 1.22 bits per heavy atom. The van der Waals surface area contributed by atoms with Crippen molar-refractivity contribution in [1.29, 1.82) is 0 Å². The van der Waals surface area contributed by atoms with Gasteiger partial charge in [0.25, 0.3) is 0 Å². The number of benzene rings is 1. The summed E-state index contributed by atoms with van der Waals surface area (Å²) in [5.74, 6) is 2.42. The second-order valence-corrected chi connectivity index (χ2v) is 9.47. The zero-order valence-electron chi connectivity index (χ0n) is 18.6. The molecule has 0 aromatic heterocycles. The van der Waals surface area contributed by atoms with E-state index in [1.807, 2.05) is 0 Å². The van der Waals surface area contributed by atoms with E-state index in [0.717, 1.165) is 69.9 Å². The highest BCUT2D eigenvalue weighted by atomic mass is 16.5. The van der Waals surface area contributed by atoms with E-state index < -0.39 is 5.97 Å². The molecule has 1 aliphatic heterocycles. The number of nitrogens with one attached hydrogen (secondary N) is 2. The highest BCUT2D eigenvalue weighted by Crippen LogP contribution is 2.51. The fourth-order valence-corrected chi connectivity index (χ4v) is 5.85. The van der Waals surface area contributed by atoms with E-state index in [0.29, 0.717) is 18.4 Å². The first-order chi connectivity index (χ1) is 15.7. The van der Waals surface area contributed by atoms with Crippen LogP contribution in [0.1, 0.15) is 67.1 Å². The summed E-state index contributed by atoms with van der Waals surface area (Å²) in [6.45, 7) is 3.47. The van der Waals surface area contributed by atoms with Gasteiger partial charge in [-0.05, 0) is 72.6 Å². The number of aliphatic carboxylic acids is 1. The number of carboxylic acid groups (broad SMARTS) is 1. The highest BCUT2D eigenvalue weighted by molar-refractivity contribution is 5.80. The van der Waals surface area contributed by atoms with Gasteiger partial charge in [-0.1, -0.05) is 29.8 Å². The topological polar surface area (TPSA) is 83.0 Å². The number of carbonyl (C=O) groups is 1. The van der Waals surface area contributed by atoms with Crippen LogP contribution in [0.4, 0.5) is 0 Å². The van der Waals surface area contributed by atoms with E-state index in [1.165, 1.54) is 22.3 Å². The minimum absolute atomic E-state index is 0.158. The smallest absolute Gasteiger partial charge is 0.303 e. The normalized spacial score (nSPS) is 25.9. The molecule has 0 bridgehead atoms. The average Bonchev–Trinajstić information content (AvgIpc) is 3.04. The standard InChI is InChI=1S/C26H33N3O3/c30-24(31)16-20-14-21-12-17-6-7-22(32-11-3-10-29-26-27-8-2-9-28-26)15-19(17)13-18-4-1-5-23(20)25(18)21/h1,4-7,19-21H,2-3,8-16H2,(H,30,31)(H2,27,28,29). The lowest BCUT2D eigenvalue weighted by atomic mass is 9.83. The second-order valence-electron chi connectivity index (χ2n) is 9.47. The molecule has 1 heterocycles. The van der Waals surface area contributed by atoms with E-state index in [-0.39, 0.29) is 12.3 Å². The summed E-state index contributed by atoms with van der Waals surface area (Å²) in [6, 6.07) is 6.53. The fraction of sp³-hybridized carbons (Fsp3) is 0.538. The first-order valence-electron chi connectivity index (χ1n) is 12.1. The first-order valence-corrected chi connectivity index (χ1v) is 12.1. The number of guanidine groups is 1. The number of aliphatic imine (C=N–C) groups is 1. The third kappa shape index (κ3) is 4.54. The lowest BCUT2D eigenvalue weighted by Crippen LogP contribution is -2.41. The van der Waals surface area contributed by atoms with Crippen LogP contribution in [-0.4, -0.2) is 43.3 Å². The Morgan fingerprint density at radius 3 is 3.00 bits per heavy atom. The maximum absolute atomic E-state index is 11.4. The predicted octanol–water partition coefficient (Wildman–Crippen LogP) is 3.85. The van der Waals surface area contributed by atoms with Gasteiger partial charge < -0.3 is 20.5 Å². The Hall–Kier alpha value is -2.76. The number of ether oxygens (including phenoxy) is 1. The van der Waals surface area contributed by atoms with Gasteiger partial charge in [0.15, 0.2) is 5.96 Å². The van der Waals surface area contributed by atoms with Crippen LogP contribution in [0.3, 0.4) is 0 Å². The number of hydrogen-bond donors (Lipinski definition) is 3. The summed E-state index contributed by atoms with van der Waals surface area (Å²) >= 11 is 0. The number of rotatable bonds is 7. The van der Waals surface area contributed by atoms with Gasteiger partial charge in [0.05, 0.1) is 18.8 Å². The fourth-order valence-electron chi connectivity index (χ4n) is 5.85. The van der Waals surface area contributed by atoms with E-state index in [2.05, 4.69) is 46.0 Å². The molecule has 3 aliphatic carbocycles. The van der Waals surface area contributed by atoms with Gasteiger partial charge in [0, 0.05) is 26.1 Å².